The highest BCUT2D eigenvalue weighted by Crippen LogP contribution is 2.30. The average Bonchev–Trinajstić information content (AvgIpc) is 2.55. The predicted octanol–water partition coefficient (Wildman–Crippen LogP) is -0.221. The molecule has 0 aliphatic carbocycles. The van der Waals surface area contributed by atoms with Gasteiger partial charge >= 0.3 is 5.97 Å². The summed E-state index contributed by atoms with van der Waals surface area (Å²) >= 11 is 0. The number of fused-ring (bicyclic) bond motifs is 1. The minimum atomic E-state index is -1.06. The molecule has 0 amide bonds. The monoisotopic (exact) mass is 222 g/mol. The lowest BCUT2D eigenvalue weighted by Crippen LogP contribution is -2.45. The van der Waals surface area contributed by atoms with Crippen molar-refractivity contribution in [2.45, 2.75) is 18.7 Å². The number of hydrogen-bond donors (Lipinski definition) is 3. The van der Waals surface area contributed by atoms with Crippen molar-refractivity contribution < 1.29 is 15.0 Å². The first-order chi connectivity index (χ1) is 7.59. The maximum atomic E-state index is 10.7. The van der Waals surface area contributed by atoms with E-state index in [-0.39, 0.29) is 6.54 Å². The molecule has 1 aromatic rings. The van der Waals surface area contributed by atoms with E-state index < -0.39 is 18.2 Å². The Kier molecular flexibility index (Phi) is 2.80. The third kappa shape index (κ3) is 1.87. The number of para-hydroxylation sites is 1. The number of hydrogen-bond acceptors (Lipinski definition) is 4. The molecule has 0 radical (unpaired) electrons. The molecule has 0 saturated heterocycles. The van der Waals surface area contributed by atoms with Crippen molar-refractivity contribution in [1.82, 2.24) is 0 Å². The van der Waals surface area contributed by atoms with Crippen LogP contribution < -0.4 is 10.6 Å². The van der Waals surface area contributed by atoms with Gasteiger partial charge in [0.1, 0.15) is 12.3 Å². The van der Waals surface area contributed by atoms with Gasteiger partial charge in [0.05, 0.1) is 0 Å². The second-order valence-corrected chi connectivity index (χ2v) is 3.91. The summed E-state index contributed by atoms with van der Waals surface area (Å²) < 4.78 is 0. The van der Waals surface area contributed by atoms with Crippen LogP contribution in [0.15, 0.2) is 24.3 Å². The Morgan fingerprint density at radius 1 is 1.56 bits per heavy atom. The molecule has 2 atom stereocenters. The number of carbonyl (C=O) groups is 1. The van der Waals surface area contributed by atoms with Crippen molar-refractivity contribution in [3.63, 3.8) is 0 Å². The second-order valence-electron chi connectivity index (χ2n) is 3.91. The summed E-state index contributed by atoms with van der Waals surface area (Å²) in [7, 11) is 0. The SMILES string of the molecule is NC(CN1c2ccccc2CC1O)C(=O)O. The summed E-state index contributed by atoms with van der Waals surface area (Å²) in [5.74, 6) is -1.06. The summed E-state index contributed by atoms with van der Waals surface area (Å²) in [5.41, 5.74) is 7.35. The van der Waals surface area contributed by atoms with Gasteiger partial charge in [0, 0.05) is 18.7 Å². The lowest BCUT2D eigenvalue weighted by molar-refractivity contribution is -0.138. The van der Waals surface area contributed by atoms with Crippen molar-refractivity contribution >= 4 is 11.7 Å². The molecule has 2 rings (SSSR count). The molecule has 4 N–H and O–H groups in total. The summed E-state index contributed by atoms with van der Waals surface area (Å²) in [6.45, 7) is 0.119. The lowest BCUT2D eigenvalue weighted by Gasteiger charge is -2.25. The predicted molar refractivity (Wildman–Crippen MR) is 59.1 cm³/mol. The van der Waals surface area contributed by atoms with Crippen molar-refractivity contribution in [2.75, 3.05) is 11.4 Å². The molecule has 1 heterocycles. The molecule has 1 aliphatic rings. The Morgan fingerprint density at radius 2 is 2.25 bits per heavy atom. The standard InChI is InChI=1S/C11H14N2O3/c12-8(11(15)16)6-13-9-4-2-1-3-7(9)5-10(13)14/h1-4,8,10,14H,5-6,12H2,(H,15,16). The van der Waals surface area contributed by atoms with Crippen LogP contribution in [0, 0.1) is 0 Å². The van der Waals surface area contributed by atoms with E-state index in [4.69, 9.17) is 10.8 Å². The number of rotatable bonds is 3. The third-order valence-corrected chi connectivity index (χ3v) is 2.77. The van der Waals surface area contributed by atoms with E-state index in [1.807, 2.05) is 24.3 Å². The van der Waals surface area contributed by atoms with Crippen molar-refractivity contribution in [3.8, 4) is 0 Å². The van der Waals surface area contributed by atoms with E-state index in [1.54, 1.807) is 4.90 Å². The third-order valence-electron chi connectivity index (χ3n) is 2.77. The Bertz CT molecular complexity index is 408. The highest BCUT2D eigenvalue weighted by Gasteiger charge is 2.29. The molecule has 86 valence electrons. The van der Waals surface area contributed by atoms with Gasteiger partial charge in [-0.2, -0.15) is 0 Å². The van der Waals surface area contributed by atoms with Crippen LogP contribution in [0.3, 0.4) is 0 Å². The van der Waals surface area contributed by atoms with Crippen LogP contribution in [0.2, 0.25) is 0 Å². The molecule has 0 aromatic heterocycles. The van der Waals surface area contributed by atoms with Crippen LogP contribution in [0.1, 0.15) is 5.56 Å². The maximum absolute atomic E-state index is 10.7. The van der Waals surface area contributed by atoms with Crippen LogP contribution >= 0.6 is 0 Å². The van der Waals surface area contributed by atoms with E-state index in [0.717, 1.165) is 11.3 Å². The number of carboxylic acids is 1. The molecule has 0 bridgehead atoms. The fourth-order valence-electron chi connectivity index (χ4n) is 1.94. The Morgan fingerprint density at radius 3 is 2.94 bits per heavy atom. The van der Waals surface area contributed by atoms with Crippen molar-refractivity contribution in [1.29, 1.82) is 0 Å². The highest BCUT2D eigenvalue weighted by atomic mass is 16.4. The lowest BCUT2D eigenvalue weighted by atomic mass is 10.2. The molecule has 1 aromatic carbocycles. The van der Waals surface area contributed by atoms with Gasteiger partial charge < -0.3 is 20.8 Å². The first-order valence-electron chi connectivity index (χ1n) is 5.10. The molecular weight excluding hydrogens is 208 g/mol. The van der Waals surface area contributed by atoms with Crippen LogP contribution in [0.25, 0.3) is 0 Å². The van der Waals surface area contributed by atoms with Crippen molar-refractivity contribution in [3.05, 3.63) is 29.8 Å². The Labute approximate surface area is 93.1 Å². The molecule has 1 aliphatic heterocycles. The van der Waals surface area contributed by atoms with E-state index in [2.05, 4.69) is 0 Å². The molecular formula is C11H14N2O3. The molecule has 16 heavy (non-hydrogen) atoms. The zero-order valence-electron chi connectivity index (χ0n) is 8.71. The summed E-state index contributed by atoms with van der Waals surface area (Å²) in [4.78, 5) is 12.3. The number of aliphatic carboxylic acids is 1. The molecule has 0 saturated carbocycles. The maximum Gasteiger partial charge on any atom is 0.322 e. The van der Waals surface area contributed by atoms with E-state index in [0.29, 0.717) is 6.42 Å². The molecule has 0 spiro atoms. The Hall–Kier alpha value is -1.59. The largest absolute Gasteiger partial charge is 0.480 e. The van der Waals surface area contributed by atoms with E-state index >= 15 is 0 Å². The minimum Gasteiger partial charge on any atom is -0.480 e. The second kappa shape index (κ2) is 4.11. The van der Waals surface area contributed by atoms with E-state index in [1.165, 1.54) is 0 Å². The number of anilines is 1. The van der Waals surface area contributed by atoms with Gasteiger partial charge in [-0.15, -0.1) is 0 Å². The van der Waals surface area contributed by atoms with Crippen LogP contribution in [-0.4, -0.2) is 35.0 Å². The molecule has 5 heteroatoms. The van der Waals surface area contributed by atoms with Gasteiger partial charge in [-0.25, -0.2) is 0 Å². The Balaban J connectivity index is 2.19. The number of nitrogens with two attached hydrogens (primary N) is 1. The van der Waals surface area contributed by atoms with Crippen molar-refractivity contribution in [2.24, 2.45) is 5.73 Å². The van der Waals surface area contributed by atoms with Gasteiger partial charge in [0.15, 0.2) is 0 Å². The number of benzene rings is 1. The summed E-state index contributed by atoms with van der Waals surface area (Å²) in [6.07, 6.45) is -0.162. The van der Waals surface area contributed by atoms with Gasteiger partial charge in [0.2, 0.25) is 0 Å². The normalized spacial score (nSPS) is 20.6. The quantitative estimate of drug-likeness (QED) is 0.658. The summed E-state index contributed by atoms with van der Waals surface area (Å²) in [6, 6.07) is 6.55. The first-order valence-corrected chi connectivity index (χ1v) is 5.10. The molecule has 0 fully saturated rings. The minimum absolute atomic E-state index is 0.119. The fourth-order valence-corrected chi connectivity index (χ4v) is 1.94. The van der Waals surface area contributed by atoms with Gasteiger partial charge in [-0.1, -0.05) is 18.2 Å². The summed E-state index contributed by atoms with van der Waals surface area (Å²) in [5, 5.41) is 18.6. The number of carboxylic acid groups (broad SMARTS) is 1. The number of aliphatic hydroxyl groups excluding tert-OH is 1. The number of nitrogens with zero attached hydrogens (tertiary/aromatic N) is 1. The highest BCUT2D eigenvalue weighted by molar-refractivity contribution is 5.74. The first kappa shape index (κ1) is 10.9. The zero-order valence-corrected chi connectivity index (χ0v) is 8.71. The zero-order chi connectivity index (χ0) is 11.7. The topological polar surface area (TPSA) is 86.8 Å². The molecule has 5 nitrogen and oxygen atoms in total. The van der Waals surface area contributed by atoms with Gasteiger partial charge in [0.25, 0.3) is 0 Å². The van der Waals surface area contributed by atoms with Crippen LogP contribution in [-0.2, 0) is 11.2 Å². The smallest absolute Gasteiger partial charge is 0.322 e. The van der Waals surface area contributed by atoms with Crippen LogP contribution in [0.4, 0.5) is 5.69 Å². The molecule has 2 unspecified atom stereocenters. The fraction of sp³-hybridized carbons (Fsp3) is 0.364. The van der Waals surface area contributed by atoms with Gasteiger partial charge in [-0.05, 0) is 11.6 Å². The average molecular weight is 222 g/mol. The van der Waals surface area contributed by atoms with Gasteiger partial charge in [-0.3, -0.25) is 4.79 Å². The number of aliphatic hydroxyl groups is 1. The van der Waals surface area contributed by atoms with E-state index in [9.17, 15) is 9.90 Å². The van der Waals surface area contributed by atoms with Crippen LogP contribution in [0.5, 0.6) is 0 Å².